The van der Waals surface area contributed by atoms with Crippen LogP contribution in [0.3, 0.4) is 0 Å². The standard InChI is InChI=1S/C18H16ClN3O3S/c1-18(2,3)17-21-13-7-6-12(19)15(14(13)25-17)26(23,24)22-10-8-11-5-4-9-20-16(11)22/h4-10H,1-3H3. The van der Waals surface area contributed by atoms with Gasteiger partial charge in [-0.3, -0.25) is 0 Å². The molecule has 0 aliphatic rings. The number of fused-ring (bicyclic) bond motifs is 2. The zero-order valence-electron chi connectivity index (χ0n) is 14.4. The Morgan fingerprint density at radius 1 is 1.15 bits per heavy atom. The van der Waals surface area contributed by atoms with Crippen molar-refractivity contribution in [1.82, 2.24) is 13.9 Å². The molecule has 4 aromatic rings. The Morgan fingerprint density at radius 3 is 2.65 bits per heavy atom. The Kier molecular flexibility index (Phi) is 3.65. The first kappa shape index (κ1) is 17.1. The second kappa shape index (κ2) is 5.56. The Labute approximate surface area is 155 Å². The third-order valence-electron chi connectivity index (χ3n) is 4.04. The van der Waals surface area contributed by atoms with Crippen LogP contribution in [0.25, 0.3) is 22.1 Å². The zero-order valence-corrected chi connectivity index (χ0v) is 16.0. The van der Waals surface area contributed by atoms with Crippen molar-refractivity contribution in [3.05, 3.63) is 53.6 Å². The maximum Gasteiger partial charge on any atom is 0.274 e. The highest BCUT2D eigenvalue weighted by atomic mass is 35.5. The van der Waals surface area contributed by atoms with Crippen molar-refractivity contribution in [2.75, 3.05) is 0 Å². The molecular formula is C18H16ClN3O3S. The fourth-order valence-corrected chi connectivity index (χ4v) is 4.67. The molecule has 26 heavy (non-hydrogen) atoms. The highest BCUT2D eigenvalue weighted by Crippen LogP contribution is 2.35. The number of hydrogen-bond donors (Lipinski definition) is 0. The van der Waals surface area contributed by atoms with Crippen LogP contribution in [0.2, 0.25) is 5.02 Å². The molecule has 6 nitrogen and oxygen atoms in total. The molecule has 0 radical (unpaired) electrons. The number of nitrogens with zero attached hydrogens (tertiary/aromatic N) is 3. The van der Waals surface area contributed by atoms with Gasteiger partial charge in [-0.25, -0.2) is 22.4 Å². The predicted octanol–water partition coefficient (Wildman–Crippen LogP) is 4.37. The minimum Gasteiger partial charge on any atom is -0.439 e. The third-order valence-corrected chi connectivity index (χ3v) is 6.20. The molecule has 0 bridgehead atoms. The van der Waals surface area contributed by atoms with Crippen LogP contribution in [-0.4, -0.2) is 22.4 Å². The zero-order chi connectivity index (χ0) is 18.7. The number of hydrogen-bond acceptors (Lipinski definition) is 5. The van der Waals surface area contributed by atoms with Gasteiger partial charge in [0.25, 0.3) is 10.0 Å². The number of rotatable bonds is 2. The van der Waals surface area contributed by atoms with E-state index in [2.05, 4.69) is 9.97 Å². The van der Waals surface area contributed by atoms with Crippen molar-refractivity contribution in [1.29, 1.82) is 0 Å². The first-order valence-electron chi connectivity index (χ1n) is 7.97. The van der Waals surface area contributed by atoms with Crippen molar-refractivity contribution >= 4 is 43.8 Å². The number of aromatic nitrogens is 3. The summed E-state index contributed by atoms with van der Waals surface area (Å²) in [5.74, 6) is 0.446. The number of benzene rings is 1. The lowest BCUT2D eigenvalue weighted by Crippen LogP contribution is -2.13. The van der Waals surface area contributed by atoms with Crippen LogP contribution in [0.1, 0.15) is 26.7 Å². The fraction of sp³-hybridized carbons (Fsp3) is 0.222. The first-order chi connectivity index (χ1) is 12.2. The Hall–Kier alpha value is -2.38. The van der Waals surface area contributed by atoms with Crippen molar-refractivity contribution in [2.45, 2.75) is 31.1 Å². The summed E-state index contributed by atoms with van der Waals surface area (Å²) in [4.78, 5) is 8.50. The Balaban J connectivity index is 2.04. The summed E-state index contributed by atoms with van der Waals surface area (Å²) in [6, 6.07) is 8.41. The molecule has 3 aromatic heterocycles. The molecule has 0 saturated heterocycles. The SMILES string of the molecule is CC(C)(C)c1nc2ccc(Cl)c(S(=O)(=O)n3ccc4cccnc43)c2o1. The smallest absolute Gasteiger partial charge is 0.274 e. The molecule has 8 heteroatoms. The molecular weight excluding hydrogens is 374 g/mol. The molecule has 0 unspecified atom stereocenters. The maximum absolute atomic E-state index is 13.4. The van der Waals surface area contributed by atoms with Crippen LogP contribution >= 0.6 is 11.6 Å². The van der Waals surface area contributed by atoms with E-state index in [9.17, 15) is 8.42 Å². The molecule has 0 atom stereocenters. The van der Waals surface area contributed by atoms with E-state index in [1.54, 1.807) is 30.5 Å². The lowest BCUT2D eigenvalue weighted by atomic mass is 9.97. The van der Waals surface area contributed by atoms with E-state index in [0.29, 0.717) is 22.4 Å². The van der Waals surface area contributed by atoms with Crippen LogP contribution in [0, 0.1) is 0 Å². The highest BCUT2D eigenvalue weighted by molar-refractivity contribution is 7.90. The summed E-state index contributed by atoms with van der Waals surface area (Å²) in [6.45, 7) is 5.82. The molecule has 0 amide bonds. The summed E-state index contributed by atoms with van der Waals surface area (Å²) >= 11 is 6.28. The second-order valence-corrected chi connectivity index (χ2v) is 9.19. The van der Waals surface area contributed by atoms with Crippen molar-refractivity contribution < 1.29 is 12.8 Å². The van der Waals surface area contributed by atoms with Gasteiger partial charge in [0.1, 0.15) is 5.52 Å². The van der Waals surface area contributed by atoms with Crippen molar-refractivity contribution in [3.8, 4) is 0 Å². The summed E-state index contributed by atoms with van der Waals surface area (Å²) in [5.41, 5.74) is 0.562. The molecule has 0 spiro atoms. The van der Waals surface area contributed by atoms with Gasteiger partial charge in [0.05, 0.1) is 5.02 Å². The van der Waals surface area contributed by atoms with E-state index in [0.717, 1.165) is 3.97 Å². The van der Waals surface area contributed by atoms with Gasteiger partial charge in [-0.1, -0.05) is 32.4 Å². The van der Waals surface area contributed by atoms with Gasteiger partial charge in [-0.05, 0) is 30.3 Å². The van der Waals surface area contributed by atoms with E-state index in [-0.39, 0.29) is 20.9 Å². The van der Waals surface area contributed by atoms with E-state index >= 15 is 0 Å². The van der Waals surface area contributed by atoms with Crippen molar-refractivity contribution in [2.24, 2.45) is 0 Å². The van der Waals surface area contributed by atoms with E-state index in [1.807, 2.05) is 20.8 Å². The van der Waals surface area contributed by atoms with Gasteiger partial charge in [0, 0.05) is 23.2 Å². The Bertz CT molecular complexity index is 1250. The van der Waals surface area contributed by atoms with E-state index in [4.69, 9.17) is 16.0 Å². The summed E-state index contributed by atoms with van der Waals surface area (Å²) in [5, 5.41) is 0.791. The highest BCUT2D eigenvalue weighted by Gasteiger charge is 2.30. The molecule has 0 aliphatic heterocycles. The van der Waals surface area contributed by atoms with E-state index in [1.165, 1.54) is 12.3 Å². The van der Waals surface area contributed by atoms with Crippen LogP contribution in [0.5, 0.6) is 0 Å². The van der Waals surface area contributed by atoms with Crippen LogP contribution < -0.4 is 0 Å². The summed E-state index contributed by atoms with van der Waals surface area (Å²) < 4.78 is 33.7. The minimum atomic E-state index is -4.02. The quantitative estimate of drug-likeness (QED) is 0.508. The molecule has 1 aromatic carbocycles. The lowest BCUT2D eigenvalue weighted by molar-refractivity contribution is 0.408. The van der Waals surface area contributed by atoms with Gasteiger partial charge < -0.3 is 4.42 Å². The molecule has 0 N–H and O–H groups in total. The molecule has 3 heterocycles. The van der Waals surface area contributed by atoms with Gasteiger partial charge >= 0.3 is 0 Å². The topological polar surface area (TPSA) is 78.0 Å². The predicted molar refractivity (Wildman–Crippen MR) is 100 cm³/mol. The van der Waals surface area contributed by atoms with Crippen LogP contribution in [-0.2, 0) is 15.4 Å². The maximum atomic E-state index is 13.4. The number of pyridine rings is 1. The van der Waals surface area contributed by atoms with Gasteiger partial charge in [0.2, 0.25) is 5.89 Å². The molecule has 4 rings (SSSR count). The number of halogens is 1. The second-order valence-electron chi connectivity index (χ2n) is 7.03. The molecule has 0 aliphatic carbocycles. The van der Waals surface area contributed by atoms with Crippen LogP contribution in [0.15, 0.2) is 52.0 Å². The minimum absolute atomic E-state index is 0.0758. The summed E-state index contributed by atoms with van der Waals surface area (Å²) in [7, 11) is -4.02. The largest absolute Gasteiger partial charge is 0.439 e. The van der Waals surface area contributed by atoms with Crippen LogP contribution in [0.4, 0.5) is 0 Å². The first-order valence-corrected chi connectivity index (χ1v) is 9.78. The molecule has 0 fully saturated rings. The average Bonchev–Trinajstić information content (AvgIpc) is 3.18. The summed E-state index contributed by atoms with van der Waals surface area (Å²) in [6.07, 6.45) is 3.01. The van der Waals surface area contributed by atoms with Gasteiger partial charge in [0.15, 0.2) is 16.1 Å². The van der Waals surface area contributed by atoms with Gasteiger partial charge in [-0.2, -0.15) is 0 Å². The Morgan fingerprint density at radius 2 is 1.92 bits per heavy atom. The fourth-order valence-electron chi connectivity index (χ4n) is 2.74. The third kappa shape index (κ3) is 2.50. The average molecular weight is 390 g/mol. The van der Waals surface area contributed by atoms with Crippen molar-refractivity contribution in [3.63, 3.8) is 0 Å². The lowest BCUT2D eigenvalue weighted by Gasteiger charge is -2.12. The van der Waals surface area contributed by atoms with E-state index < -0.39 is 10.0 Å². The molecule has 0 saturated carbocycles. The normalized spacial score (nSPS) is 12.9. The van der Waals surface area contributed by atoms with Gasteiger partial charge in [-0.15, -0.1) is 0 Å². The molecule has 134 valence electrons. The number of oxazole rings is 1. The monoisotopic (exact) mass is 389 g/mol.